The minimum atomic E-state index is -4.23. The summed E-state index contributed by atoms with van der Waals surface area (Å²) in [6.07, 6.45) is 37.9. The highest BCUT2D eigenvalue weighted by molar-refractivity contribution is 7.48. The van der Waals surface area contributed by atoms with Gasteiger partial charge in [0.2, 0.25) is 0 Å². The Kier molecular flexibility index (Phi) is 56.1. The molecule has 0 aliphatic heterocycles. The fourth-order valence-electron chi connectivity index (χ4n) is 9.44. The van der Waals surface area contributed by atoms with Gasteiger partial charge in [0.15, 0.2) is 0 Å². The maximum Gasteiger partial charge on any atom is 0.475 e. The number of carbonyl (C=O) groups is 3. The van der Waals surface area contributed by atoms with Gasteiger partial charge in [-0.2, -0.15) is 0 Å². The van der Waals surface area contributed by atoms with Gasteiger partial charge in [-0.15, -0.1) is 13.2 Å². The first-order valence-corrected chi connectivity index (χ1v) is 35.6. The zero-order valence-corrected chi connectivity index (χ0v) is 54.6. The molecular formula is C61H116N8O13P2. The number of ether oxygens (including phenoxy) is 2. The smallest absolute Gasteiger partial charge is 0.462 e. The van der Waals surface area contributed by atoms with Gasteiger partial charge in [0.1, 0.15) is 12.2 Å². The number of esters is 2. The molecule has 0 aromatic carbocycles. The van der Waals surface area contributed by atoms with Crippen LogP contribution in [0.15, 0.2) is 35.5 Å². The van der Waals surface area contributed by atoms with Crippen molar-refractivity contribution in [2.24, 2.45) is 10.2 Å². The van der Waals surface area contributed by atoms with Crippen molar-refractivity contribution in [2.75, 3.05) is 52.7 Å². The first-order chi connectivity index (χ1) is 40.9. The summed E-state index contributed by atoms with van der Waals surface area (Å²) in [7, 11) is -8.46. The van der Waals surface area contributed by atoms with Crippen LogP contribution in [-0.2, 0) is 55.3 Å². The van der Waals surface area contributed by atoms with Crippen molar-refractivity contribution < 1.29 is 60.1 Å². The molecule has 0 bridgehead atoms. The lowest BCUT2D eigenvalue weighted by Crippen LogP contribution is -2.38. The lowest BCUT2D eigenvalue weighted by atomic mass is 10.0. The van der Waals surface area contributed by atoms with Crippen LogP contribution in [0.2, 0.25) is 0 Å². The van der Waals surface area contributed by atoms with E-state index in [1.807, 2.05) is 0 Å². The fourth-order valence-corrected chi connectivity index (χ4v) is 11.7. The number of azide groups is 2. The standard InChI is InChI=1S/C61H116N8O13P2/c1-7-13-17-21-25-29-33-37-41-57(81-59(70)43-39-35-31-27-23-19-15-9-3)55(66-68-62)45-51-77-83(73,75-49-11-5)79-53-47-64-61(72)65-48-54-80-84(74,76-50-12-6)78-52-46-56(67-69-63)58(42-38-34-30-26-22-18-14-8-2)82-60(71)44-40-36-32-28-24-20-16-10-4/h11-12,55-58H,5-10,13-54H2,1-4H3,(H2,64,65,72)/t55-,56-,57?,58?,83?,84?/m0/s1. The SMILES string of the molecule is C=CCOP(=O)(OCCNC(=O)NCCOP(=O)(OCC=C)OCC[C@H](N=[N+]=[N-])C(CCCCCCCCCC)OC(=O)CCCCCCCCCC)OCC[C@H](N=[N+]=[N-])C(CCCCCCCCCC)OC(=O)CCCCCCCCCC. The summed E-state index contributed by atoms with van der Waals surface area (Å²) >= 11 is 0. The molecule has 0 rings (SSSR count). The molecule has 0 heterocycles. The molecular weight excluding hydrogens is 1110 g/mol. The summed E-state index contributed by atoms with van der Waals surface area (Å²) in [5, 5.41) is 13.1. The first-order valence-electron chi connectivity index (χ1n) is 32.7. The Morgan fingerprint density at radius 1 is 0.429 bits per heavy atom. The van der Waals surface area contributed by atoms with Crippen LogP contribution < -0.4 is 10.6 Å². The molecule has 0 aliphatic carbocycles. The maximum absolute atomic E-state index is 13.7. The monoisotopic (exact) mass is 1230 g/mol. The summed E-state index contributed by atoms with van der Waals surface area (Å²) in [6, 6.07) is -2.25. The van der Waals surface area contributed by atoms with Gasteiger partial charge in [-0.05, 0) is 62.4 Å². The van der Waals surface area contributed by atoms with Crippen LogP contribution >= 0.6 is 15.6 Å². The van der Waals surface area contributed by atoms with Gasteiger partial charge in [-0.25, -0.2) is 13.9 Å². The number of hydrogen-bond donors (Lipinski definition) is 2. The second-order valence-electron chi connectivity index (χ2n) is 21.7. The highest BCUT2D eigenvalue weighted by Crippen LogP contribution is 2.50. The van der Waals surface area contributed by atoms with Gasteiger partial charge in [-0.1, -0.05) is 230 Å². The van der Waals surface area contributed by atoms with Crippen molar-refractivity contribution in [3.8, 4) is 0 Å². The highest BCUT2D eigenvalue weighted by atomic mass is 31.2. The van der Waals surface area contributed by atoms with E-state index in [1.54, 1.807) is 0 Å². The number of phosphoric ester groups is 2. The number of phosphoric acid groups is 2. The quantitative estimate of drug-likeness (QED) is 0.0109. The summed E-state index contributed by atoms with van der Waals surface area (Å²) in [6.45, 7) is 14.4. The van der Waals surface area contributed by atoms with Crippen LogP contribution in [0.25, 0.3) is 20.9 Å². The lowest BCUT2D eigenvalue weighted by molar-refractivity contribution is -0.151. The highest BCUT2D eigenvalue weighted by Gasteiger charge is 2.31. The van der Waals surface area contributed by atoms with Gasteiger partial charge in [0.05, 0.1) is 51.7 Å². The van der Waals surface area contributed by atoms with Crippen molar-refractivity contribution in [2.45, 2.75) is 296 Å². The van der Waals surface area contributed by atoms with E-state index in [0.29, 0.717) is 12.8 Å². The third-order valence-corrected chi connectivity index (χ3v) is 17.2. The van der Waals surface area contributed by atoms with Crippen LogP contribution in [0.3, 0.4) is 0 Å². The van der Waals surface area contributed by atoms with Gasteiger partial charge >= 0.3 is 33.6 Å². The number of urea groups is 1. The number of nitrogens with one attached hydrogen (secondary N) is 2. The molecule has 488 valence electrons. The Bertz CT molecular complexity index is 1720. The maximum atomic E-state index is 13.7. The minimum absolute atomic E-state index is 0.0631. The molecule has 0 aromatic rings. The van der Waals surface area contributed by atoms with Crippen molar-refractivity contribution in [3.05, 3.63) is 46.2 Å². The second kappa shape index (κ2) is 58.5. The molecule has 0 saturated heterocycles. The third-order valence-electron chi connectivity index (χ3n) is 14.3. The average molecular weight is 1230 g/mol. The molecule has 0 aliphatic rings. The zero-order chi connectivity index (χ0) is 61.9. The predicted molar refractivity (Wildman–Crippen MR) is 336 cm³/mol. The normalized spacial score (nSPS) is 14.1. The topological polar surface area (TPSA) is 281 Å². The molecule has 0 radical (unpaired) electrons. The average Bonchev–Trinajstić information content (AvgIpc) is 3.57. The molecule has 6 atom stereocenters. The Hall–Kier alpha value is -3.47. The molecule has 23 heteroatoms. The van der Waals surface area contributed by atoms with Crippen LogP contribution in [0.5, 0.6) is 0 Å². The van der Waals surface area contributed by atoms with Gasteiger partial charge < -0.3 is 20.1 Å². The molecule has 0 aromatic heterocycles. The van der Waals surface area contributed by atoms with Crippen LogP contribution in [-0.4, -0.2) is 95.0 Å². The fraction of sp³-hybridized carbons (Fsp3) is 0.885. The molecule has 0 fully saturated rings. The third kappa shape index (κ3) is 48.6. The van der Waals surface area contributed by atoms with E-state index in [2.05, 4.69) is 71.5 Å². The van der Waals surface area contributed by atoms with E-state index < -0.39 is 46.0 Å². The van der Waals surface area contributed by atoms with Gasteiger partial charge in [-0.3, -0.25) is 36.7 Å². The molecule has 21 nitrogen and oxygen atoms in total. The number of amides is 2. The molecule has 2 amide bonds. The van der Waals surface area contributed by atoms with E-state index in [0.717, 1.165) is 103 Å². The summed E-state index contributed by atoms with van der Waals surface area (Å²) in [5.41, 5.74) is 19.1. The second-order valence-corrected chi connectivity index (χ2v) is 25.1. The van der Waals surface area contributed by atoms with Gasteiger partial charge in [0, 0.05) is 35.8 Å². The molecule has 4 unspecified atom stereocenters. The lowest BCUT2D eigenvalue weighted by Gasteiger charge is -2.25. The van der Waals surface area contributed by atoms with E-state index in [1.165, 1.54) is 115 Å². The van der Waals surface area contributed by atoms with E-state index in [9.17, 15) is 34.6 Å². The molecule has 0 saturated carbocycles. The largest absolute Gasteiger partial charge is 0.475 e. The Morgan fingerprint density at radius 2 is 0.714 bits per heavy atom. The number of carbonyl (C=O) groups excluding carboxylic acids is 3. The predicted octanol–water partition coefficient (Wildman–Crippen LogP) is 19.1. The molecule has 0 spiro atoms. The van der Waals surface area contributed by atoms with Crippen molar-refractivity contribution in [1.82, 2.24) is 10.6 Å². The number of unbranched alkanes of at least 4 members (excludes halogenated alkanes) is 28. The Morgan fingerprint density at radius 3 is 1.01 bits per heavy atom. The Labute approximate surface area is 507 Å². The summed E-state index contributed by atoms with van der Waals surface area (Å²) < 4.78 is 72.7. The molecule has 2 N–H and O–H groups in total. The zero-order valence-electron chi connectivity index (χ0n) is 52.8. The molecule has 84 heavy (non-hydrogen) atoms. The first kappa shape index (κ1) is 80.5. The van der Waals surface area contributed by atoms with Crippen molar-refractivity contribution in [3.63, 3.8) is 0 Å². The van der Waals surface area contributed by atoms with Crippen molar-refractivity contribution in [1.29, 1.82) is 0 Å². The Balaban J connectivity index is 5.46. The van der Waals surface area contributed by atoms with Crippen LogP contribution in [0.1, 0.15) is 272 Å². The van der Waals surface area contributed by atoms with Crippen LogP contribution in [0.4, 0.5) is 4.79 Å². The number of hydrogen-bond acceptors (Lipinski definition) is 15. The minimum Gasteiger partial charge on any atom is -0.462 e. The number of rotatable bonds is 64. The van der Waals surface area contributed by atoms with E-state index in [4.69, 9.17) is 36.6 Å². The summed E-state index contributed by atoms with van der Waals surface area (Å²) in [4.78, 5) is 45.1. The van der Waals surface area contributed by atoms with E-state index in [-0.39, 0.29) is 90.4 Å². The number of nitrogens with zero attached hydrogens (tertiary/aromatic N) is 6. The van der Waals surface area contributed by atoms with E-state index >= 15 is 0 Å². The van der Waals surface area contributed by atoms with Gasteiger partial charge in [0.25, 0.3) is 0 Å². The summed E-state index contributed by atoms with van der Waals surface area (Å²) in [5.74, 6) is -0.683. The van der Waals surface area contributed by atoms with Crippen LogP contribution in [0, 0.1) is 0 Å². The van der Waals surface area contributed by atoms with Crippen molar-refractivity contribution >= 4 is 33.6 Å².